The largest absolute Gasteiger partial charge is 0.344 e. The van der Waals surface area contributed by atoms with Crippen LogP contribution in [0.3, 0.4) is 0 Å². The van der Waals surface area contributed by atoms with Crippen LogP contribution >= 0.6 is 0 Å². The van der Waals surface area contributed by atoms with Crippen LogP contribution in [-0.2, 0) is 11.2 Å². The molecule has 128 valence electrons. The molecule has 0 radical (unpaired) electrons. The van der Waals surface area contributed by atoms with Gasteiger partial charge in [0.15, 0.2) is 0 Å². The van der Waals surface area contributed by atoms with Crippen LogP contribution in [0.1, 0.15) is 55.5 Å². The number of nitrogens with zero attached hydrogens (tertiary/aromatic N) is 1. The molecule has 1 spiro atoms. The fourth-order valence-electron chi connectivity index (χ4n) is 3.37. The van der Waals surface area contributed by atoms with Gasteiger partial charge in [-0.1, -0.05) is 26.0 Å². The van der Waals surface area contributed by atoms with Gasteiger partial charge in [-0.15, -0.1) is 0 Å². The van der Waals surface area contributed by atoms with E-state index in [0.717, 1.165) is 29.8 Å². The maximum Gasteiger partial charge on any atom is 0.344 e. The fourth-order valence-corrected chi connectivity index (χ4v) is 3.37. The Morgan fingerprint density at radius 2 is 1.88 bits per heavy atom. The van der Waals surface area contributed by atoms with E-state index in [-0.39, 0.29) is 5.91 Å². The van der Waals surface area contributed by atoms with Crippen LogP contribution in [0.5, 0.6) is 0 Å². The van der Waals surface area contributed by atoms with Crippen LogP contribution in [0.15, 0.2) is 24.3 Å². The lowest BCUT2D eigenvalue weighted by atomic mass is 9.77. The van der Waals surface area contributed by atoms with E-state index in [1.807, 2.05) is 19.1 Å². The summed E-state index contributed by atoms with van der Waals surface area (Å²) >= 11 is 0. The number of urea groups is 1. The molecule has 24 heavy (non-hydrogen) atoms. The first kappa shape index (κ1) is 16.5. The van der Waals surface area contributed by atoms with Crippen molar-refractivity contribution in [1.29, 1.82) is 0 Å². The molecule has 2 aliphatic rings. The maximum absolute atomic E-state index is 12.7. The van der Waals surface area contributed by atoms with E-state index < -0.39 is 17.5 Å². The minimum Gasteiger partial charge on any atom is -0.322 e. The van der Waals surface area contributed by atoms with E-state index in [4.69, 9.17) is 0 Å². The Hall–Kier alpha value is -2.37. The first-order valence-corrected chi connectivity index (χ1v) is 8.52. The summed E-state index contributed by atoms with van der Waals surface area (Å²) in [6, 6.07) is 6.58. The van der Waals surface area contributed by atoms with Gasteiger partial charge in [-0.3, -0.25) is 15.0 Å². The number of carbonyl (C=O) groups excluding carboxylic acids is 3. The quantitative estimate of drug-likeness (QED) is 0.836. The highest BCUT2D eigenvalue weighted by Gasteiger charge is 2.52. The molecular weight excluding hydrogens is 306 g/mol. The molecule has 0 bridgehead atoms. The predicted molar refractivity (Wildman–Crippen MR) is 89.0 cm³/mol. The summed E-state index contributed by atoms with van der Waals surface area (Å²) in [6.07, 6.45) is 3.92. The molecule has 4 amide bonds. The molecule has 0 atom stereocenters. The number of hydrogen-bond acceptors (Lipinski definition) is 3. The molecule has 3 rings (SSSR count). The second-order valence-electron chi connectivity index (χ2n) is 6.83. The molecule has 2 N–H and O–H groups in total. The molecule has 1 saturated heterocycles. The Bertz CT molecular complexity index is 661. The second-order valence-corrected chi connectivity index (χ2v) is 6.83. The van der Waals surface area contributed by atoms with E-state index in [0.29, 0.717) is 24.3 Å². The normalized spacial score (nSPS) is 26.6. The lowest BCUT2D eigenvalue weighted by molar-refractivity contribution is -0.134. The summed E-state index contributed by atoms with van der Waals surface area (Å²) in [5, 5.41) is 3.63. The van der Waals surface area contributed by atoms with Gasteiger partial charge in [0, 0.05) is 5.56 Å². The molecular formula is C18H23N3O3. The third kappa shape index (κ3) is 2.88. The highest BCUT2D eigenvalue weighted by molar-refractivity contribution is 6.09. The number of carbonyl (C=O) groups is 3. The van der Waals surface area contributed by atoms with Crippen molar-refractivity contribution in [1.82, 2.24) is 15.8 Å². The number of nitrogens with one attached hydrogen (secondary N) is 2. The van der Waals surface area contributed by atoms with Crippen LogP contribution < -0.4 is 10.7 Å². The summed E-state index contributed by atoms with van der Waals surface area (Å²) in [6.45, 7) is 4.18. The van der Waals surface area contributed by atoms with Gasteiger partial charge in [0.05, 0.1) is 0 Å². The van der Waals surface area contributed by atoms with Crippen molar-refractivity contribution in [2.24, 2.45) is 5.92 Å². The molecule has 0 aromatic heterocycles. The van der Waals surface area contributed by atoms with Crippen molar-refractivity contribution in [3.8, 4) is 0 Å². The van der Waals surface area contributed by atoms with Crippen LogP contribution in [-0.4, -0.2) is 28.4 Å². The van der Waals surface area contributed by atoms with Gasteiger partial charge in [-0.25, -0.2) is 4.79 Å². The van der Waals surface area contributed by atoms with Crippen molar-refractivity contribution in [2.75, 3.05) is 0 Å². The highest BCUT2D eigenvalue weighted by Crippen LogP contribution is 2.35. The summed E-state index contributed by atoms with van der Waals surface area (Å²) < 4.78 is 0. The Balaban J connectivity index is 1.71. The smallest absolute Gasteiger partial charge is 0.322 e. The standard InChI is InChI=1S/C18H23N3O3/c1-3-13-4-6-14(7-5-13)15(22)20-21-16(23)18(19-17(21)24)10-8-12(2)9-11-18/h4-7,12H,3,8-11H2,1-2H3,(H,19,24)(H,20,22). The van der Waals surface area contributed by atoms with Crippen molar-refractivity contribution in [2.45, 2.75) is 51.5 Å². The van der Waals surface area contributed by atoms with Crippen molar-refractivity contribution < 1.29 is 14.4 Å². The third-order valence-corrected chi connectivity index (χ3v) is 5.13. The molecule has 1 aromatic rings. The van der Waals surface area contributed by atoms with Gasteiger partial charge in [-0.2, -0.15) is 5.01 Å². The summed E-state index contributed by atoms with van der Waals surface area (Å²) in [4.78, 5) is 37.2. The van der Waals surface area contributed by atoms with Crippen molar-refractivity contribution in [3.05, 3.63) is 35.4 Å². The lowest BCUT2D eigenvalue weighted by Gasteiger charge is -2.33. The first-order chi connectivity index (χ1) is 11.4. The van der Waals surface area contributed by atoms with Crippen LogP contribution in [0.2, 0.25) is 0 Å². The fraction of sp³-hybridized carbons (Fsp3) is 0.500. The van der Waals surface area contributed by atoms with Gasteiger partial charge < -0.3 is 5.32 Å². The number of rotatable bonds is 3. The minimum absolute atomic E-state index is 0.349. The van der Waals surface area contributed by atoms with E-state index in [9.17, 15) is 14.4 Å². The van der Waals surface area contributed by atoms with Gasteiger partial charge in [0.25, 0.3) is 11.8 Å². The maximum atomic E-state index is 12.7. The van der Waals surface area contributed by atoms with E-state index in [1.54, 1.807) is 12.1 Å². The zero-order valence-corrected chi connectivity index (χ0v) is 14.1. The van der Waals surface area contributed by atoms with E-state index in [1.165, 1.54) is 0 Å². The molecule has 1 aliphatic carbocycles. The molecule has 1 aliphatic heterocycles. The molecule has 1 aromatic carbocycles. The molecule has 6 heteroatoms. The number of hydrogen-bond donors (Lipinski definition) is 2. The van der Waals surface area contributed by atoms with Crippen LogP contribution in [0, 0.1) is 5.92 Å². The van der Waals surface area contributed by atoms with Gasteiger partial charge >= 0.3 is 6.03 Å². The Kier molecular flexibility index (Phi) is 4.30. The molecule has 0 unspecified atom stereocenters. The number of aryl methyl sites for hydroxylation is 1. The predicted octanol–water partition coefficient (Wildman–Crippen LogP) is 2.39. The number of hydrazine groups is 1. The Labute approximate surface area is 141 Å². The molecule has 1 heterocycles. The summed E-state index contributed by atoms with van der Waals surface area (Å²) in [5.74, 6) is -0.249. The van der Waals surface area contributed by atoms with Gasteiger partial charge in [-0.05, 0) is 55.7 Å². The first-order valence-electron chi connectivity index (χ1n) is 8.52. The van der Waals surface area contributed by atoms with Gasteiger partial charge in [0.2, 0.25) is 0 Å². The molecule has 6 nitrogen and oxygen atoms in total. The highest BCUT2D eigenvalue weighted by atomic mass is 16.2. The van der Waals surface area contributed by atoms with E-state index in [2.05, 4.69) is 17.7 Å². The summed E-state index contributed by atoms with van der Waals surface area (Å²) in [7, 11) is 0. The van der Waals surface area contributed by atoms with Crippen molar-refractivity contribution in [3.63, 3.8) is 0 Å². The number of benzene rings is 1. The van der Waals surface area contributed by atoms with Crippen molar-refractivity contribution >= 4 is 17.8 Å². The topological polar surface area (TPSA) is 78.5 Å². The average Bonchev–Trinajstić information content (AvgIpc) is 2.82. The van der Waals surface area contributed by atoms with Crippen LogP contribution in [0.25, 0.3) is 0 Å². The van der Waals surface area contributed by atoms with Crippen LogP contribution in [0.4, 0.5) is 4.79 Å². The third-order valence-electron chi connectivity index (χ3n) is 5.13. The Morgan fingerprint density at radius 3 is 2.46 bits per heavy atom. The number of amides is 4. The Morgan fingerprint density at radius 1 is 1.25 bits per heavy atom. The number of imide groups is 1. The average molecular weight is 329 g/mol. The summed E-state index contributed by atoms with van der Waals surface area (Å²) in [5.41, 5.74) is 3.15. The molecule has 2 fully saturated rings. The minimum atomic E-state index is -0.844. The zero-order chi connectivity index (χ0) is 17.3. The van der Waals surface area contributed by atoms with Gasteiger partial charge in [0.1, 0.15) is 5.54 Å². The molecule has 1 saturated carbocycles. The lowest BCUT2D eigenvalue weighted by Crippen LogP contribution is -2.51. The van der Waals surface area contributed by atoms with E-state index >= 15 is 0 Å². The second kappa shape index (κ2) is 6.26. The zero-order valence-electron chi connectivity index (χ0n) is 14.1. The SMILES string of the molecule is CCc1ccc(C(=O)NN2C(=O)NC3(CCC(C)CC3)C2=O)cc1. The monoisotopic (exact) mass is 329 g/mol.